The highest BCUT2D eigenvalue weighted by Crippen LogP contribution is 2.25. The van der Waals surface area contributed by atoms with Crippen LogP contribution in [0.4, 0.5) is 0 Å². The highest BCUT2D eigenvalue weighted by atomic mass is 79.9. The van der Waals surface area contributed by atoms with Crippen LogP contribution in [0.15, 0.2) is 10.7 Å². The molecule has 0 aromatic carbocycles. The Bertz CT molecular complexity index is 304. The molecule has 0 radical (unpaired) electrons. The van der Waals surface area contributed by atoms with Gasteiger partial charge >= 0.3 is 0 Å². The summed E-state index contributed by atoms with van der Waals surface area (Å²) in [5, 5.41) is 3.50. The summed E-state index contributed by atoms with van der Waals surface area (Å²) in [6.45, 7) is 1.96. The third kappa shape index (κ3) is 2.31. The van der Waals surface area contributed by atoms with E-state index in [1.165, 1.54) is 0 Å². The van der Waals surface area contributed by atoms with Gasteiger partial charge < -0.3 is 5.32 Å². The molecule has 0 amide bonds. The van der Waals surface area contributed by atoms with Gasteiger partial charge in [-0.05, 0) is 27.5 Å². The normalized spacial score (nSPS) is 16.2. The van der Waals surface area contributed by atoms with E-state index in [0.717, 1.165) is 23.3 Å². The summed E-state index contributed by atoms with van der Waals surface area (Å²) in [6.07, 6.45) is 1.70. The summed E-state index contributed by atoms with van der Waals surface area (Å²) in [5.74, 6) is 0.486. The van der Waals surface area contributed by atoms with E-state index in [4.69, 9.17) is 11.6 Å². The maximum atomic E-state index is 5.68. The third-order valence-electron chi connectivity index (χ3n) is 1.91. The van der Waals surface area contributed by atoms with E-state index in [2.05, 4.69) is 31.2 Å². The first-order valence-corrected chi connectivity index (χ1v) is 4.83. The number of nitrogens with one attached hydrogen (secondary N) is 1. The lowest BCUT2D eigenvalue weighted by Crippen LogP contribution is -2.40. The fraction of sp³-hybridized carbons (Fsp3) is 0.429. The van der Waals surface area contributed by atoms with Crippen LogP contribution in [0, 0.1) is 0 Å². The summed E-state index contributed by atoms with van der Waals surface area (Å²) in [6, 6.07) is 0. The molecular formula is C7H8BrCl2N3. The number of rotatable bonds is 1. The molecule has 0 unspecified atom stereocenters. The number of hydrogen-bond donors (Lipinski definition) is 1. The molecule has 0 atom stereocenters. The van der Waals surface area contributed by atoms with Crippen molar-refractivity contribution in [2.75, 3.05) is 13.1 Å². The third-order valence-corrected chi connectivity index (χ3v) is 2.70. The summed E-state index contributed by atoms with van der Waals surface area (Å²) < 4.78 is 0.943. The van der Waals surface area contributed by atoms with Crippen molar-refractivity contribution < 1.29 is 0 Å². The molecule has 3 nitrogen and oxygen atoms in total. The molecule has 1 fully saturated rings. The van der Waals surface area contributed by atoms with E-state index >= 15 is 0 Å². The van der Waals surface area contributed by atoms with E-state index in [1.807, 2.05) is 0 Å². The molecule has 0 bridgehead atoms. The molecule has 0 spiro atoms. The molecule has 0 saturated carbocycles. The van der Waals surface area contributed by atoms with E-state index < -0.39 is 0 Å². The summed E-state index contributed by atoms with van der Waals surface area (Å²) in [4.78, 5) is 8.03. The molecule has 1 aliphatic heterocycles. The Morgan fingerprint density at radius 2 is 2.23 bits per heavy atom. The highest BCUT2D eigenvalue weighted by molar-refractivity contribution is 9.10. The Hall–Kier alpha value is 0.1000. The second-order valence-corrected chi connectivity index (χ2v) is 3.92. The Labute approximate surface area is 95.8 Å². The minimum atomic E-state index is 0. The number of aromatic nitrogens is 2. The quantitative estimate of drug-likeness (QED) is 0.802. The SMILES string of the molecule is Cl.Clc1ncc(Br)c(C2CNC2)n1. The van der Waals surface area contributed by atoms with E-state index in [-0.39, 0.29) is 12.4 Å². The zero-order chi connectivity index (χ0) is 8.55. The van der Waals surface area contributed by atoms with Crippen LogP contribution < -0.4 is 5.32 Å². The van der Waals surface area contributed by atoms with Gasteiger partial charge in [0, 0.05) is 25.2 Å². The van der Waals surface area contributed by atoms with E-state index in [1.54, 1.807) is 6.20 Å². The summed E-state index contributed by atoms with van der Waals surface area (Å²) in [7, 11) is 0. The van der Waals surface area contributed by atoms with Crippen LogP contribution >= 0.6 is 39.9 Å². The first-order chi connectivity index (χ1) is 5.77. The molecule has 2 heterocycles. The van der Waals surface area contributed by atoms with E-state index in [0.29, 0.717) is 11.2 Å². The second-order valence-electron chi connectivity index (χ2n) is 2.73. The molecule has 1 aliphatic rings. The molecule has 0 aliphatic carbocycles. The van der Waals surface area contributed by atoms with Gasteiger partial charge in [-0.2, -0.15) is 0 Å². The maximum absolute atomic E-state index is 5.68. The lowest BCUT2D eigenvalue weighted by molar-refractivity contribution is 0.437. The van der Waals surface area contributed by atoms with E-state index in [9.17, 15) is 0 Å². The van der Waals surface area contributed by atoms with Crippen molar-refractivity contribution in [3.05, 3.63) is 21.6 Å². The maximum Gasteiger partial charge on any atom is 0.222 e. The molecule has 72 valence electrons. The predicted octanol–water partition coefficient (Wildman–Crippen LogP) is 2.00. The van der Waals surface area contributed by atoms with Gasteiger partial charge in [-0.15, -0.1) is 12.4 Å². The zero-order valence-electron chi connectivity index (χ0n) is 6.63. The van der Waals surface area contributed by atoms with Crippen LogP contribution in [0.3, 0.4) is 0 Å². The van der Waals surface area contributed by atoms with Crippen molar-refractivity contribution >= 4 is 39.9 Å². The van der Waals surface area contributed by atoms with Gasteiger partial charge in [0.1, 0.15) is 0 Å². The molecule has 13 heavy (non-hydrogen) atoms. The molecule has 2 rings (SSSR count). The minimum absolute atomic E-state index is 0. The van der Waals surface area contributed by atoms with Crippen molar-refractivity contribution in [3.63, 3.8) is 0 Å². The van der Waals surface area contributed by atoms with Crippen LogP contribution in [0.5, 0.6) is 0 Å². The predicted molar refractivity (Wildman–Crippen MR) is 57.6 cm³/mol. The monoisotopic (exact) mass is 283 g/mol. The second kappa shape index (κ2) is 4.55. The lowest BCUT2D eigenvalue weighted by Gasteiger charge is -2.26. The first-order valence-electron chi connectivity index (χ1n) is 3.66. The molecule has 1 aromatic heterocycles. The average molecular weight is 285 g/mol. The van der Waals surface area contributed by atoms with Crippen LogP contribution in [-0.4, -0.2) is 23.1 Å². The summed E-state index contributed by atoms with van der Waals surface area (Å²) >= 11 is 9.07. The Kier molecular flexibility index (Phi) is 3.91. The van der Waals surface area contributed by atoms with Gasteiger partial charge in [-0.3, -0.25) is 0 Å². The zero-order valence-corrected chi connectivity index (χ0v) is 9.79. The average Bonchev–Trinajstić information content (AvgIpc) is 1.93. The van der Waals surface area contributed by atoms with Gasteiger partial charge in [-0.1, -0.05) is 0 Å². The smallest absolute Gasteiger partial charge is 0.222 e. The molecule has 1 saturated heterocycles. The van der Waals surface area contributed by atoms with Crippen molar-refractivity contribution in [3.8, 4) is 0 Å². The molecule has 1 N–H and O–H groups in total. The first kappa shape index (κ1) is 11.2. The van der Waals surface area contributed by atoms with Gasteiger partial charge in [-0.25, -0.2) is 9.97 Å². The van der Waals surface area contributed by atoms with Gasteiger partial charge in [0.2, 0.25) is 5.28 Å². The van der Waals surface area contributed by atoms with Gasteiger partial charge in [0.25, 0.3) is 0 Å². The highest BCUT2D eigenvalue weighted by Gasteiger charge is 2.22. The fourth-order valence-corrected chi connectivity index (χ4v) is 1.78. The van der Waals surface area contributed by atoms with Crippen molar-refractivity contribution in [1.82, 2.24) is 15.3 Å². The van der Waals surface area contributed by atoms with Gasteiger partial charge in [0.15, 0.2) is 0 Å². The molecule has 6 heteroatoms. The van der Waals surface area contributed by atoms with Crippen molar-refractivity contribution in [1.29, 1.82) is 0 Å². The number of nitrogens with zero attached hydrogens (tertiary/aromatic N) is 2. The van der Waals surface area contributed by atoms with Crippen LogP contribution in [0.25, 0.3) is 0 Å². The van der Waals surface area contributed by atoms with Crippen LogP contribution in [-0.2, 0) is 0 Å². The number of halogens is 3. The largest absolute Gasteiger partial charge is 0.315 e. The minimum Gasteiger partial charge on any atom is -0.315 e. The summed E-state index contributed by atoms with van der Waals surface area (Å²) in [5.41, 5.74) is 1.01. The fourth-order valence-electron chi connectivity index (χ4n) is 1.13. The van der Waals surface area contributed by atoms with Crippen molar-refractivity contribution in [2.24, 2.45) is 0 Å². The standard InChI is InChI=1S/C7H7BrClN3.ClH/c8-5-3-11-7(9)12-6(5)4-1-10-2-4;/h3-4,10H,1-2H2;1H. The molecule has 1 aromatic rings. The Balaban J connectivity index is 0.000000845. The Morgan fingerprint density at radius 1 is 1.54 bits per heavy atom. The van der Waals surface area contributed by atoms with Crippen molar-refractivity contribution in [2.45, 2.75) is 5.92 Å². The topological polar surface area (TPSA) is 37.8 Å². The number of hydrogen-bond acceptors (Lipinski definition) is 3. The molecular weight excluding hydrogens is 277 g/mol. The Morgan fingerprint density at radius 3 is 2.77 bits per heavy atom. The van der Waals surface area contributed by atoms with Crippen LogP contribution in [0.2, 0.25) is 5.28 Å². The van der Waals surface area contributed by atoms with Gasteiger partial charge in [0.05, 0.1) is 10.2 Å². The lowest BCUT2D eigenvalue weighted by atomic mass is 9.99. The van der Waals surface area contributed by atoms with Crippen LogP contribution in [0.1, 0.15) is 11.6 Å².